The van der Waals surface area contributed by atoms with E-state index in [0.29, 0.717) is 18.1 Å². The normalized spacial score (nSPS) is 13.9. The fraction of sp³-hybridized carbons (Fsp3) is 0.0714. The maximum absolute atomic E-state index is 13.3. The molecule has 0 saturated carbocycles. The van der Waals surface area contributed by atoms with Crippen LogP contribution in [-0.2, 0) is 6.54 Å². The molecule has 1 aliphatic rings. The van der Waals surface area contributed by atoms with Gasteiger partial charge in [-0.3, -0.25) is 5.41 Å². The van der Waals surface area contributed by atoms with E-state index in [9.17, 15) is 4.39 Å². The van der Waals surface area contributed by atoms with Gasteiger partial charge in [0.05, 0.1) is 12.2 Å². The van der Waals surface area contributed by atoms with E-state index >= 15 is 0 Å². The van der Waals surface area contributed by atoms with E-state index in [1.54, 1.807) is 11.0 Å². The smallest absolute Gasteiger partial charge is 0.133 e. The molecule has 0 unspecified atom stereocenters. The van der Waals surface area contributed by atoms with Crippen molar-refractivity contribution in [2.24, 2.45) is 0 Å². The van der Waals surface area contributed by atoms with Crippen LogP contribution in [0.15, 0.2) is 46.9 Å². The first kappa shape index (κ1) is 11.4. The van der Waals surface area contributed by atoms with Crippen LogP contribution in [-0.4, -0.2) is 5.84 Å². The summed E-state index contributed by atoms with van der Waals surface area (Å²) >= 11 is 3.41. The van der Waals surface area contributed by atoms with Crippen molar-refractivity contribution in [2.75, 3.05) is 4.90 Å². The van der Waals surface area contributed by atoms with E-state index in [1.165, 1.54) is 12.1 Å². The van der Waals surface area contributed by atoms with E-state index in [2.05, 4.69) is 15.9 Å². The Labute approximate surface area is 113 Å². The molecule has 1 heterocycles. The van der Waals surface area contributed by atoms with Crippen LogP contribution in [0.3, 0.4) is 0 Å². The van der Waals surface area contributed by atoms with Crippen molar-refractivity contribution >= 4 is 27.5 Å². The molecule has 0 radical (unpaired) electrons. The Balaban J connectivity index is 2.06. The van der Waals surface area contributed by atoms with Gasteiger partial charge in [-0.25, -0.2) is 4.39 Å². The molecule has 1 aliphatic heterocycles. The lowest BCUT2D eigenvalue weighted by atomic mass is 10.1. The van der Waals surface area contributed by atoms with E-state index in [-0.39, 0.29) is 5.82 Å². The van der Waals surface area contributed by atoms with Gasteiger partial charge in [-0.2, -0.15) is 0 Å². The Kier molecular flexibility index (Phi) is 2.67. The number of hydrogen-bond donors (Lipinski definition) is 1. The Morgan fingerprint density at radius 3 is 2.72 bits per heavy atom. The minimum Gasteiger partial charge on any atom is -0.321 e. The lowest BCUT2D eigenvalue weighted by molar-refractivity contribution is 0.627. The maximum atomic E-state index is 13.3. The summed E-state index contributed by atoms with van der Waals surface area (Å²) in [5.74, 6) is 0.119. The molecule has 0 aliphatic carbocycles. The van der Waals surface area contributed by atoms with Gasteiger partial charge < -0.3 is 4.90 Å². The predicted molar refractivity (Wildman–Crippen MR) is 73.6 cm³/mol. The third-order valence-electron chi connectivity index (χ3n) is 3.07. The zero-order valence-corrected chi connectivity index (χ0v) is 11.0. The summed E-state index contributed by atoms with van der Waals surface area (Å²) in [7, 11) is 0. The first-order chi connectivity index (χ1) is 8.66. The Morgan fingerprint density at radius 1 is 1.17 bits per heavy atom. The number of amidine groups is 1. The molecule has 1 N–H and O–H groups in total. The molecular formula is C14H10BrFN2. The number of nitrogens with zero attached hydrogens (tertiary/aromatic N) is 1. The van der Waals surface area contributed by atoms with Crippen molar-refractivity contribution < 1.29 is 4.39 Å². The molecule has 0 amide bonds. The van der Waals surface area contributed by atoms with Crippen LogP contribution in [0.4, 0.5) is 10.1 Å². The quantitative estimate of drug-likeness (QED) is 0.849. The standard InChI is InChI=1S/C14H10BrFN2/c15-12-6-5-10(16)7-13(12)18-8-9-3-1-2-4-11(9)14(18)17/h1-7,17H,8H2. The Hall–Kier alpha value is -1.68. The molecule has 2 aromatic carbocycles. The number of rotatable bonds is 1. The highest BCUT2D eigenvalue weighted by molar-refractivity contribution is 9.10. The van der Waals surface area contributed by atoms with Crippen LogP contribution in [0, 0.1) is 11.2 Å². The van der Waals surface area contributed by atoms with Crippen LogP contribution in [0.5, 0.6) is 0 Å². The van der Waals surface area contributed by atoms with Crippen molar-refractivity contribution in [3.63, 3.8) is 0 Å². The fourth-order valence-electron chi connectivity index (χ4n) is 2.18. The summed E-state index contributed by atoms with van der Waals surface area (Å²) in [6.45, 7) is 0.608. The second kappa shape index (κ2) is 4.21. The highest BCUT2D eigenvalue weighted by Crippen LogP contribution is 2.33. The third kappa shape index (κ3) is 1.73. The molecule has 2 aromatic rings. The minimum absolute atomic E-state index is 0.294. The van der Waals surface area contributed by atoms with Crippen molar-refractivity contribution in [3.05, 3.63) is 63.9 Å². The molecule has 0 aromatic heterocycles. The van der Waals surface area contributed by atoms with E-state index in [0.717, 1.165) is 15.6 Å². The molecule has 3 rings (SSSR count). The highest BCUT2D eigenvalue weighted by Gasteiger charge is 2.26. The Morgan fingerprint density at radius 2 is 1.94 bits per heavy atom. The number of halogens is 2. The van der Waals surface area contributed by atoms with Gasteiger partial charge in [-0.1, -0.05) is 24.3 Å². The van der Waals surface area contributed by atoms with E-state index in [4.69, 9.17) is 5.41 Å². The lowest BCUT2D eigenvalue weighted by Crippen LogP contribution is -2.23. The molecule has 0 atom stereocenters. The monoisotopic (exact) mass is 304 g/mol. The van der Waals surface area contributed by atoms with Crippen LogP contribution in [0.2, 0.25) is 0 Å². The van der Waals surface area contributed by atoms with Gasteiger partial charge in [0.1, 0.15) is 11.7 Å². The molecule has 0 spiro atoms. The summed E-state index contributed by atoms with van der Waals surface area (Å²) in [5, 5.41) is 8.18. The summed E-state index contributed by atoms with van der Waals surface area (Å²) in [5.41, 5.74) is 2.70. The fourth-order valence-corrected chi connectivity index (χ4v) is 2.64. The number of benzene rings is 2. The summed E-state index contributed by atoms with van der Waals surface area (Å²) in [6.07, 6.45) is 0. The summed E-state index contributed by atoms with van der Waals surface area (Å²) in [6, 6.07) is 12.3. The maximum Gasteiger partial charge on any atom is 0.133 e. The molecule has 0 saturated heterocycles. The third-order valence-corrected chi connectivity index (χ3v) is 3.74. The van der Waals surface area contributed by atoms with Gasteiger partial charge in [0.25, 0.3) is 0 Å². The van der Waals surface area contributed by atoms with Crippen molar-refractivity contribution in [2.45, 2.75) is 6.54 Å². The predicted octanol–water partition coefficient (Wildman–Crippen LogP) is 3.93. The summed E-state index contributed by atoms with van der Waals surface area (Å²) < 4.78 is 14.1. The molecule has 18 heavy (non-hydrogen) atoms. The zero-order valence-electron chi connectivity index (χ0n) is 9.45. The van der Waals surface area contributed by atoms with Gasteiger partial charge >= 0.3 is 0 Å². The number of anilines is 1. The Bertz CT molecular complexity index is 639. The molecule has 0 bridgehead atoms. The lowest BCUT2D eigenvalue weighted by Gasteiger charge is -2.19. The SMILES string of the molecule is N=C1c2ccccc2CN1c1cc(F)ccc1Br. The minimum atomic E-state index is -0.294. The molecule has 90 valence electrons. The summed E-state index contributed by atoms with van der Waals surface area (Å²) in [4.78, 5) is 1.80. The van der Waals surface area contributed by atoms with Gasteiger partial charge in [0, 0.05) is 10.0 Å². The van der Waals surface area contributed by atoms with Gasteiger partial charge in [0.15, 0.2) is 0 Å². The molecule has 0 fully saturated rings. The molecule has 2 nitrogen and oxygen atoms in total. The number of hydrogen-bond acceptors (Lipinski definition) is 1. The topological polar surface area (TPSA) is 27.1 Å². The number of fused-ring (bicyclic) bond motifs is 1. The number of nitrogens with one attached hydrogen (secondary N) is 1. The van der Waals surface area contributed by atoms with E-state index < -0.39 is 0 Å². The van der Waals surface area contributed by atoms with Crippen LogP contribution < -0.4 is 4.90 Å². The molecular weight excluding hydrogens is 295 g/mol. The first-order valence-corrected chi connectivity index (χ1v) is 6.35. The largest absolute Gasteiger partial charge is 0.321 e. The van der Waals surface area contributed by atoms with Crippen LogP contribution in [0.25, 0.3) is 0 Å². The second-order valence-electron chi connectivity index (χ2n) is 4.19. The van der Waals surface area contributed by atoms with Gasteiger partial charge in [0.2, 0.25) is 0 Å². The molecule has 4 heteroatoms. The van der Waals surface area contributed by atoms with Gasteiger partial charge in [-0.05, 0) is 39.7 Å². The average Bonchev–Trinajstić information content (AvgIpc) is 2.71. The average molecular weight is 305 g/mol. The first-order valence-electron chi connectivity index (χ1n) is 5.56. The van der Waals surface area contributed by atoms with Crippen molar-refractivity contribution in [1.29, 1.82) is 5.41 Å². The second-order valence-corrected chi connectivity index (χ2v) is 5.04. The van der Waals surface area contributed by atoms with Crippen molar-refractivity contribution in [3.8, 4) is 0 Å². The highest BCUT2D eigenvalue weighted by atomic mass is 79.9. The zero-order chi connectivity index (χ0) is 12.7. The van der Waals surface area contributed by atoms with E-state index in [1.807, 2.05) is 24.3 Å². The van der Waals surface area contributed by atoms with Gasteiger partial charge in [-0.15, -0.1) is 0 Å². The van der Waals surface area contributed by atoms with Crippen LogP contribution >= 0.6 is 15.9 Å². The van der Waals surface area contributed by atoms with Crippen LogP contribution in [0.1, 0.15) is 11.1 Å². The van der Waals surface area contributed by atoms with Crippen molar-refractivity contribution in [1.82, 2.24) is 0 Å².